The Labute approximate surface area is 142 Å². The lowest BCUT2D eigenvalue weighted by Gasteiger charge is -2.20. The van der Waals surface area contributed by atoms with Gasteiger partial charge in [0, 0.05) is 30.4 Å². The van der Waals surface area contributed by atoms with Crippen LogP contribution in [0, 0.1) is 24.2 Å². The smallest absolute Gasteiger partial charge is 0.146 e. The van der Waals surface area contributed by atoms with Crippen LogP contribution in [0.3, 0.4) is 0 Å². The number of H-pyrrole nitrogens is 1. The van der Waals surface area contributed by atoms with Gasteiger partial charge in [-0.3, -0.25) is 5.10 Å². The molecule has 0 unspecified atom stereocenters. The molecule has 24 heavy (non-hydrogen) atoms. The van der Waals surface area contributed by atoms with E-state index in [1.165, 1.54) is 0 Å². The van der Waals surface area contributed by atoms with E-state index in [2.05, 4.69) is 35.1 Å². The average molecular weight is 325 g/mol. The van der Waals surface area contributed by atoms with Crippen LogP contribution in [0.5, 0.6) is 0 Å². The Bertz CT molecular complexity index is 761. The number of nitriles is 1. The van der Waals surface area contributed by atoms with Gasteiger partial charge in [-0.25, -0.2) is 4.98 Å². The van der Waals surface area contributed by atoms with Gasteiger partial charge in [-0.05, 0) is 37.5 Å². The number of aromatic nitrogens is 3. The summed E-state index contributed by atoms with van der Waals surface area (Å²) in [7, 11) is 0. The van der Waals surface area contributed by atoms with Gasteiger partial charge in [0.1, 0.15) is 11.9 Å². The Hall–Kier alpha value is -2.39. The summed E-state index contributed by atoms with van der Waals surface area (Å²) in [6.45, 7) is 7.31. The predicted octanol–water partition coefficient (Wildman–Crippen LogP) is 2.15. The van der Waals surface area contributed by atoms with Crippen LogP contribution in [0.1, 0.15) is 42.4 Å². The van der Waals surface area contributed by atoms with Gasteiger partial charge in [-0.1, -0.05) is 13.8 Å². The maximum Gasteiger partial charge on any atom is 0.146 e. The molecule has 2 aromatic heterocycles. The molecule has 0 saturated carbocycles. The molecule has 2 atom stereocenters. The largest absolute Gasteiger partial charge is 0.391 e. The normalized spacial score (nSPS) is 20.6. The van der Waals surface area contributed by atoms with Crippen molar-refractivity contribution in [1.82, 2.24) is 15.2 Å². The Morgan fingerprint density at radius 2 is 2.21 bits per heavy atom. The molecule has 2 aromatic rings. The van der Waals surface area contributed by atoms with Crippen molar-refractivity contribution in [3.05, 3.63) is 40.8 Å². The number of aromatic amines is 1. The number of nitrogens with one attached hydrogen (secondary N) is 1. The summed E-state index contributed by atoms with van der Waals surface area (Å²) in [5, 5.41) is 27.0. The molecule has 0 radical (unpaired) electrons. The van der Waals surface area contributed by atoms with Gasteiger partial charge in [-0.2, -0.15) is 10.4 Å². The number of hydrogen-bond donors (Lipinski definition) is 2. The van der Waals surface area contributed by atoms with Crippen LogP contribution >= 0.6 is 0 Å². The second-order valence-electron chi connectivity index (χ2n) is 6.85. The van der Waals surface area contributed by atoms with E-state index in [1.807, 2.05) is 30.0 Å². The Morgan fingerprint density at radius 1 is 1.42 bits per heavy atom. The second kappa shape index (κ2) is 6.62. The lowest BCUT2D eigenvalue weighted by Crippen LogP contribution is -2.23. The standard InChI is InChI=1S/C18H23N5O/c1-11(2)16-5-4-13(8-19)18(20-16)23-9-14(17(24)10-23)7-15-6-12(3)21-22-15/h4-6,11,14,17,24H,7,9-10H2,1-3H3,(H,21,22)/t14-,17-/m1/s1. The zero-order valence-corrected chi connectivity index (χ0v) is 14.3. The number of hydrogen-bond acceptors (Lipinski definition) is 5. The highest BCUT2D eigenvalue weighted by Crippen LogP contribution is 2.29. The highest BCUT2D eigenvalue weighted by atomic mass is 16.3. The van der Waals surface area contributed by atoms with E-state index in [-0.39, 0.29) is 5.92 Å². The van der Waals surface area contributed by atoms with Gasteiger partial charge in [0.25, 0.3) is 0 Å². The molecule has 0 bridgehead atoms. The van der Waals surface area contributed by atoms with Crippen molar-refractivity contribution in [2.75, 3.05) is 18.0 Å². The van der Waals surface area contributed by atoms with Crippen molar-refractivity contribution >= 4 is 5.82 Å². The number of aliphatic hydroxyl groups excluding tert-OH is 1. The third-order valence-corrected chi connectivity index (χ3v) is 4.54. The van der Waals surface area contributed by atoms with E-state index in [0.717, 1.165) is 17.1 Å². The molecule has 1 fully saturated rings. The van der Waals surface area contributed by atoms with Crippen LogP contribution < -0.4 is 4.90 Å². The Balaban J connectivity index is 1.81. The number of pyridine rings is 1. The Morgan fingerprint density at radius 3 is 2.83 bits per heavy atom. The molecule has 2 N–H and O–H groups in total. The molecule has 0 spiro atoms. The van der Waals surface area contributed by atoms with E-state index in [9.17, 15) is 10.4 Å². The maximum atomic E-state index is 10.4. The highest BCUT2D eigenvalue weighted by molar-refractivity contribution is 5.55. The van der Waals surface area contributed by atoms with Crippen molar-refractivity contribution < 1.29 is 5.11 Å². The Kier molecular flexibility index (Phi) is 4.54. The lowest BCUT2D eigenvalue weighted by molar-refractivity contribution is 0.148. The molecule has 1 saturated heterocycles. The minimum Gasteiger partial charge on any atom is -0.391 e. The summed E-state index contributed by atoms with van der Waals surface area (Å²) in [4.78, 5) is 6.70. The van der Waals surface area contributed by atoms with Gasteiger partial charge < -0.3 is 10.0 Å². The molecule has 1 aliphatic rings. The summed E-state index contributed by atoms with van der Waals surface area (Å²) in [5.74, 6) is 1.07. The van der Waals surface area contributed by atoms with Crippen molar-refractivity contribution in [2.24, 2.45) is 5.92 Å². The summed E-state index contributed by atoms with van der Waals surface area (Å²) in [6, 6.07) is 7.96. The van der Waals surface area contributed by atoms with Crippen molar-refractivity contribution in [3.8, 4) is 6.07 Å². The number of nitrogens with zero attached hydrogens (tertiary/aromatic N) is 4. The van der Waals surface area contributed by atoms with E-state index in [4.69, 9.17) is 0 Å². The summed E-state index contributed by atoms with van der Waals surface area (Å²) < 4.78 is 0. The first-order valence-corrected chi connectivity index (χ1v) is 8.33. The summed E-state index contributed by atoms with van der Waals surface area (Å²) >= 11 is 0. The maximum absolute atomic E-state index is 10.4. The first kappa shape index (κ1) is 16.5. The van der Waals surface area contributed by atoms with Gasteiger partial charge in [0.15, 0.2) is 0 Å². The van der Waals surface area contributed by atoms with E-state index in [1.54, 1.807) is 0 Å². The number of β-amino-alcohol motifs (C(OH)–C–C–N with tert-alkyl or cyclic N) is 1. The third kappa shape index (κ3) is 3.26. The fraction of sp³-hybridized carbons (Fsp3) is 0.500. The zero-order chi connectivity index (χ0) is 17.3. The van der Waals surface area contributed by atoms with Crippen LogP contribution in [-0.4, -0.2) is 39.5 Å². The fourth-order valence-electron chi connectivity index (χ4n) is 3.19. The minimum absolute atomic E-state index is 0.0868. The average Bonchev–Trinajstić information content (AvgIpc) is 3.13. The highest BCUT2D eigenvalue weighted by Gasteiger charge is 2.33. The summed E-state index contributed by atoms with van der Waals surface area (Å²) in [5.41, 5.74) is 3.50. The molecule has 6 heteroatoms. The molecule has 1 aliphatic heterocycles. The zero-order valence-electron chi connectivity index (χ0n) is 14.3. The fourth-order valence-corrected chi connectivity index (χ4v) is 3.19. The molecular weight excluding hydrogens is 302 g/mol. The monoisotopic (exact) mass is 325 g/mol. The van der Waals surface area contributed by atoms with Crippen molar-refractivity contribution in [1.29, 1.82) is 5.26 Å². The van der Waals surface area contributed by atoms with Crippen LogP contribution in [0.4, 0.5) is 5.82 Å². The minimum atomic E-state index is -0.446. The van der Waals surface area contributed by atoms with Crippen LogP contribution in [0.2, 0.25) is 0 Å². The molecule has 3 heterocycles. The quantitative estimate of drug-likeness (QED) is 0.899. The van der Waals surface area contributed by atoms with Gasteiger partial charge in [-0.15, -0.1) is 0 Å². The van der Waals surface area contributed by atoms with Crippen molar-refractivity contribution in [2.45, 2.75) is 39.2 Å². The number of rotatable bonds is 4. The summed E-state index contributed by atoms with van der Waals surface area (Å²) in [6.07, 6.45) is 0.270. The number of aliphatic hydroxyl groups is 1. The van der Waals surface area contributed by atoms with E-state index < -0.39 is 6.10 Å². The molecule has 0 amide bonds. The third-order valence-electron chi connectivity index (χ3n) is 4.54. The number of anilines is 1. The van der Waals surface area contributed by atoms with E-state index in [0.29, 0.717) is 36.8 Å². The van der Waals surface area contributed by atoms with Gasteiger partial charge in [0.05, 0.1) is 17.4 Å². The van der Waals surface area contributed by atoms with Crippen LogP contribution in [0.15, 0.2) is 18.2 Å². The molecule has 0 aromatic carbocycles. The second-order valence-corrected chi connectivity index (χ2v) is 6.85. The number of aryl methyl sites for hydroxylation is 1. The van der Waals surface area contributed by atoms with E-state index >= 15 is 0 Å². The molecule has 0 aliphatic carbocycles. The first-order chi connectivity index (χ1) is 11.5. The van der Waals surface area contributed by atoms with Gasteiger partial charge in [0.2, 0.25) is 0 Å². The predicted molar refractivity (Wildman–Crippen MR) is 91.8 cm³/mol. The lowest BCUT2D eigenvalue weighted by atomic mass is 10.0. The molecule has 3 rings (SSSR count). The SMILES string of the molecule is Cc1cc(C[C@@H]2CN(c3nc(C(C)C)ccc3C#N)C[C@H]2O)n[nH]1. The molecular formula is C18H23N5O. The molecule has 126 valence electrons. The molecule has 6 nitrogen and oxygen atoms in total. The van der Waals surface area contributed by atoms with Crippen LogP contribution in [0.25, 0.3) is 0 Å². The topological polar surface area (TPSA) is 88.8 Å². The van der Waals surface area contributed by atoms with Crippen LogP contribution in [-0.2, 0) is 6.42 Å². The van der Waals surface area contributed by atoms with Crippen molar-refractivity contribution in [3.63, 3.8) is 0 Å². The first-order valence-electron chi connectivity index (χ1n) is 8.33. The van der Waals surface area contributed by atoms with Gasteiger partial charge >= 0.3 is 0 Å².